The molecule has 1 heterocycles. The predicted molar refractivity (Wildman–Crippen MR) is 79.2 cm³/mol. The molecule has 110 valence electrons. The summed E-state index contributed by atoms with van der Waals surface area (Å²) >= 11 is 0. The Morgan fingerprint density at radius 2 is 2.16 bits per heavy atom. The van der Waals surface area contributed by atoms with Gasteiger partial charge < -0.3 is 15.8 Å². The van der Waals surface area contributed by atoms with Crippen LogP contribution in [0, 0.1) is 11.3 Å². The van der Waals surface area contributed by atoms with Crippen LogP contribution in [0.15, 0.2) is 4.99 Å². The van der Waals surface area contributed by atoms with E-state index in [9.17, 15) is 0 Å². The number of hydrogen-bond donors (Lipinski definition) is 2. The average Bonchev–Trinajstić information content (AvgIpc) is 2.82. The number of unbranched alkanes of at least 4 members (excludes halogenated alkanes) is 3. The molecule has 3 unspecified atom stereocenters. The Hall–Kier alpha value is -0.770. The molecule has 0 spiro atoms. The number of nitrogens with two attached hydrogens (primary N) is 1. The zero-order valence-corrected chi connectivity index (χ0v) is 12.6. The minimum Gasteiger partial charge on any atom is -0.377 e. The number of rotatable bonds is 6. The summed E-state index contributed by atoms with van der Waals surface area (Å²) in [5.74, 6) is 1.23. The van der Waals surface area contributed by atoms with Crippen molar-refractivity contribution in [2.45, 2.75) is 65.0 Å². The summed E-state index contributed by atoms with van der Waals surface area (Å²) in [7, 11) is 0. The van der Waals surface area contributed by atoms with Gasteiger partial charge in [-0.25, -0.2) is 0 Å². The molecule has 1 saturated carbocycles. The van der Waals surface area contributed by atoms with Gasteiger partial charge in [-0.2, -0.15) is 0 Å². The number of aliphatic imine (C=N–C) groups is 1. The lowest BCUT2D eigenvalue weighted by Gasteiger charge is -2.54. The quantitative estimate of drug-likeness (QED) is 0.441. The summed E-state index contributed by atoms with van der Waals surface area (Å²) < 4.78 is 5.78. The van der Waals surface area contributed by atoms with Crippen molar-refractivity contribution in [1.29, 1.82) is 0 Å². The van der Waals surface area contributed by atoms with Gasteiger partial charge in [0.15, 0.2) is 5.96 Å². The van der Waals surface area contributed by atoms with Crippen molar-refractivity contribution in [3.63, 3.8) is 0 Å². The molecule has 0 radical (unpaired) electrons. The first-order valence-electron chi connectivity index (χ1n) is 7.75. The topological polar surface area (TPSA) is 59.6 Å². The number of hydrogen-bond acceptors (Lipinski definition) is 2. The number of fused-ring (bicyclic) bond motifs is 1. The van der Waals surface area contributed by atoms with Gasteiger partial charge in [0.05, 0.1) is 6.10 Å². The van der Waals surface area contributed by atoms with E-state index in [0.29, 0.717) is 24.0 Å². The molecule has 19 heavy (non-hydrogen) atoms. The molecule has 2 rings (SSSR count). The number of nitrogens with one attached hydrogen (secondary N) is 1. The second-order valence-electron chi connectivity index (χ2n) is 6.51. The first-order valence-corrected chi connectivity index (χ1v) is 7.75. The smallest absolute Gasteiger partial charge is 0.188 e. The highest BCUT2D eigenvalue weighted by Gasteiger charge is 2.59. The Balaban J connectivity index is 1.76. The van der Waals surface area contributed by atoms with E-state index in [4.69, 9.17) is 10.5 Å². The van der Waals surface area contributed by atoms with E-state index >= 15 is 0 Å². The molecule has 0 bridgehead atoms. The van der Waals surface area contributed by atoms with Gasteiger partial charge in [0.2, 0.25) is 0 Å². The van der Waals surface area contributed by atoms with E-state index < -0.39 is 0 Å². The lowest BCUT2D eigenvalue weighted by Crippen LogP contribution is -2.67. The van der Waals surface area contributed by atoms with Crippen LogP contribution < -0.4 is 11.1 Å². The van der Waals surface area contributed by atoms with Crippen molar-refractivity contribution in [3.8, 4) is 0 Å². The van der Waals surface area contributed by atoms with Gasteiger partial charge in [-0.1, -0.05) is 40.0 Å². The van der Waals surface area contributed by atoms with Gasteiger partial charge in [0, 0.05) is 30.5 Å². The minimum absolute atomic E-state index is 0.170. The lowest BCUT2D eigenvalue weighted by atomic mass is 9.57. The van der Waals surface area contributed by atoms with E-state index in [0.717, 1.165) is 26.0 Å². The van der Waals surface area contributed by atoms with Crippen LogP contribution in [0.25, 0.3) is 0 Å². The van der Waals surface area contributed by atoms with Crippen LogP contribution in [0.3, 0.4) is 0 Å². The van der Waals surface area contributed by atoms with Crippen LogP contribution >= 0.6 is 0 Å². The standard InChI is InChI=1S/C15H29N3O/c1-4-5-6-7-9-17-14(16)18-12-11-8-10-19-13(11)15(12,2)3/h11-13H,4-10H2,1-3H3,(H3,16,17,18). The maximum Gasteiger partial charge on any atom is 0.188 e. The van der Waals surface area contributed by atoms with Gasteiger partial charge in [0.1, 0.15) is 0 Å². The van der Waals surface area contributed by atoms with Gasteiger partial charge in [0.25, 0.3) is 0 Å². The van der Waals surface area contributed by atoms with Crippen LogP contribution in [0.2, 0.25) is 0 Å². The van der Waals surface area contributed by atoms with Crippen LogP contribution in [0.5, 0.6) is 0 Å². The number of ether oxygens (including phenoxy) is 1. The first-order chi connectivity index (χ1) is 9.07. The normalized spacial score (nSPS) is 32.8. The zero-order valence-electron chi connectivity index (χ0n) is 12.6. The van der Waals surface area contributed by atoms with E-state index in [2.05, 4.69) is 31.1 Å². The maximum atomic E-state index is 6.00. The molecular formula is C15H29N3O. The summed E-state index contributed by atoms with van der Waals surface area (Å²) in [6.07, 6.45) is 6.49. The second-order valence-corrected chi connectivity index (χ2v) is 6.51. The molecule has 0 aromatic heterocycles. The van der Waals surface area contributed by atoms with Crippen molar-refractivity contribution in [2.75, 3.05) is 13.2 Å². The third-order valence-corrected chi connectivity index (χ3v) is 4.70. The molecule has 0 aromatic rings. The van der Waals surface area contributed by atoms with Crippen LogP contribution in [0.4, 0.5) is 0 Å². The Kier molecular flexibility index (Phi) is 4.71. The van der Waals surface area contributed by atoms with Crippen LogP contribution in [-0.2, 0) is 4.74 Å². The zero-order chi connectivity index (χ0) is 13.9. The molecule has 0 aromatic carbocycles. The van der Waals surface area contributed by atoms with Crippen LogP contribution in [0.1, 0.15) is 52.9 Å². The molecule has 4 heteroatoms. The van der Waals surface area contributed by atoms with Crippen molar-refractivity contribution in [1.82, 2.24) is 5.32 Å². The highest BCUT2D eigenvalue weighted by molar-refractivity contribution is 5.78. The third kappa shape index (κ3) is 3.04. The predicted octanol–water partition coefficient (Wildman–Crippen LogP) is 2.28. The largest absolute Gasteiger partial charge is 0.377 e. The number of guanidine groups is 1. The number of nitrogens with zero attached hydrogens (tertiary/aromatic N) is 1. The molecule has 3 atom stereocenters. The van der Waals surface area contributed by atoms with E-state index in [-0.39, 0.29) is 5.41 Å². The second kappa shape index (κ2) is 6.12. The lowest BCUT2D eigenvalue weighted by molar-refractivity contribution is -0.106. The Morgan fingerprint density at radius 3 is 2.89 bits per heavy atom. The van der Waals surface area contributed by atoms with E-state index in [1.165, 1.54) is 19.3 Å². The van der Waals surface area contributed by atoms with Gasteiger partial charge >= 0.3 is 0 Å². The molecule has 1 aliphatic heterocycles. The molecular weight excluding hydrogens is 238 g/mol. The summed E-state index contributed by atoms with van der Waals surface area (Å²) in [4.78, 5) is 4.44. The van der Waals surface area contributed by atoms with Crippen molar-refractivity contribution in [2.24, 2.45) is 22.1 Å². The maximum absolute atomic E-state index is 6.00. The summed E-state index contributed by atoms with van der Waals surface area (Å²) in [5, 5.41) is 3.42. The fraction of sp³-hybridized carbons (Fsp3) is 0.933. The summed E-state index contributed by atoms with van der Waals surface area (Å²) in [5.41, 5.74) is 6.17. The Labute approximate surface area is 117 Å². The molecule has 1 saturated heterocycles. The Morgan fingerprint density at radius 1 is 1.37 bits per heavy atom. The van der Waals surface area contributed by atoms with E-state index in [1.807, 2.05) is 0 Å². The molecule has 4 nitrogen and oxygen atoms in total. The highest BCUT2D eigenvalue weighted by Crippen LogP contribution is 2.51. The van der Waals surface area contributed by atoms with Gasteiger partial charge in [-0.05, 0) is 12.8 Å². The van der Waals surface area contributed by atoms with Crippen molar-refractivity contribution >= 4 is 5.96 Å². The average molecular weight is 267 g/mol. The summed E-state index contributed by atoms with van der Waals surface area (Å²) in [6.45, 7) is 8.47. The van der Waals surface area contributed by atoms with Gasteiger partial charge in [-0.15, -0.1) is 0 Å². The monoisotopic (exact) mass is 267 g/mol. The first kappa shape index (κ1) is 14.6. The minimum atomic E-state index is 0.170. The molecule has 1 aliphatic carbocycles. The molecule has 3 N–H and O–H groups in total. The summed E-state index contributed by atoms with van der Waals surface area (Å²) in [6, 6.07) is 0.416. The molecule has 2 fully saturated rings. The fourth-order valence-electron chi connectivity index (χ4n) is 3.56. The SMILES string of the molecule is CCCCCCN=C(N)NC1C2CCOC2C1(C)C. The molecule has 2 aliphatic rings. The third-order valence-electron chi connectivity index (χ3n) is 4.70. The molecule has 0 amide bonds. The fourth-order valence-corrected chi connectivity index (χ4v) is 3.56. The van der Waals surface area contributed by atoms with Crippen molar-refractivity contribution < 1.29 is 4.74 Å². The van der Waals surface area contributed by atoms with Crippen molar-refractivity contribution in [3.05, 3.63) is 0 Å². The Bertz CT molecular complexity index is 327. The van der Waals surface area contributed by atoms with Gasteiger partial charge in [-0.3, -0.25) is 4.99 Å². The van der Waals surface area contributed by atoms with Crippen LogP contribution in [-0.4, -0.2) is 31.3 Å². The van der Waals surface area contributed by atoms with E-state index in [1.54, 1.807) is 0 Å². The highest BCUT2D eigenvalue weighted by atomic mass is 16.5.